The molecule has 37 heavy (non-hydrogen) atoms. The van der Waals surface area contributed by atoms with Gasteiger partial charge in [-0.1, -0.05) is 48.9 Å². The molecular weight excluding hydrogens is 540 g/mol. The summed E-state index contributed by atoms with van der Waals surface area (Å²) in [5.74, 6) is -2.61. The van der Waals surface area contributed by atoms with Gasteiger partial charge in [-0.2, -0.15) is 0 Å². The van der Waals surface area contributed by atoms with Gasteiger partial charge in [0, 0.05) is 30.1 Å². The highest BCUT2D eigenvalue weighted by molar-refractivity contribution is 9.09. The first-order valence-corrected chi connectivity index (χ1v) is 14.1. The number of aliphatic hydroxyl groups is 1. The number of alkyl halides is 1. The normalized spacial score (nSPS) is 30.8. The molecule has 3 aliphatic rings. The Labute approximate surface area is 229 Å². The summed E-state index contributed by atoms with van der Waals surface area (Å²) < 4.78 is 12.0. The lowest BCUT2D eigenvalue weighted by Crippen LogP contribution is -2.61. The Morgan fingerprint density at radius 1 is 1.27 bits per heavy atom. The Balaban J connectivity index is 2.05. The summed E-state index contributed by atoms with van der Waals surface area (Å²) >= 11 is 3.67. The second-order valence-corrected chi connectivity index (χ2v) is 13.5. The fraction of sp³-hybridized carbons (Fsp3) is 0.750. The highest BCUT2D eigenvalue weighted by atomic mass is 79.9. The number of nitrogens with zero attached hydrogens (tertiary/aromatic N) is 2. The summed E-state index contributed by atoms with van der Waals surface area (Å²) in [6.07, 6.45) is 4.80. The maximum atomic E-state index is 14.5. The smallest absolute Gasteiger partial charge is 0.312 e. The number of ether oxygens (including phenoxy) is 2. The van der Waals surface area contributed by atoms with Crippen LogP contribution < -0.4 is 0 Å². The molecule has 3 saturated heterocycles. The average molecular weight is 584 g/mol. The summed E-state index contributed by atoms with van der Waals surface area (Å²) in [5, 5.41) is 9.56. The van der Waals surface area contributed by atoms with Crippen LogP contribution in [-0.4, -0.2) is 87.1 Å². The van der Waals surface area contributed by atoms with E-state index in [1.807, 2.05) is 13.8 Å². The maximum absolute atomic E-state index is 14.5. The van der Waals surface area contributed by atoms with Crippen LogP contribution in [0.3, 0.4) is 0 Å². The zero-order valence-corrected chi connectivity index (χ0v) is 24.5. The molecule has 3 aliphatic heterocycles. The van der Waals surface area contributed by atoms with Crippen LogP contribution in [0.5, 0.6) is 0 Å². The van der Waals surface area contributed by atoms with Crippen molar-refractivity contribution >= 4 is 33.7 Å². The Hall–Kier alpha value is -1.71. The van der Waals surface area contributed by atoms with Crippen LogP contribution in [0.25, 0.3) is 0 Å². The van der Waals surface area contributed by atoms with E-state index in [4.69, 9.17) is 9.47 Å². The van der Waals surface area contributed by atoms with Gasteiger partial charge in [-0.15, -0.1) is 13.2 Å². The van der Waals surface area contributed by atoms with Crippen molar-refractivity contribution in [3.05, 3.63) is 25.3 Å². The van der Waals surface area contributed by atoms with Crippen molar-refractivity contribution in [2.24, 2.45) is 17.3 Å². The predicted octanol–water partition coefficient (Wildman–Crippen LogP) is 3.47. The molecule has 0 aromatic carbocycles. The third-order valence-electron chi connectivity index (χ3n) is 7.69. The van der Waals surface area contributed by atoms with Crippen LogP contribution in [-0.2, 0) is 23.9 Å². The largest absolute Gasteiger partial charge is 0.465 e. The minimum Gasteiger partial charge on any atom is -0.465 e. The predicted molar refractivity (Wildman–Crippen MR) is 145 cm³/mol. The minimum atomic E-state index is -1.15. The zero-order chi connectivity index (χ0) is 27.8. The Kier molecular flexibility index (Phi) is 9.02. The highest BCUT2D eigenvalue weighted by Gasteiger charge is 2.77. The summed E-state index contributed by atoms with van der Waals surface area (Å²) in [4.78, 5) is 44.8. The van der Waals surface area contributed by atoms with E-state index in [0.717, 1.165) is 6.42 Å². The van der Waals surface area contributed by atoms with E-state index >= 15 is 0 Å². The molecule has 3 unspecified atom stereocenters. The molecule has 1 N–H and O–H groups in total. The summed E-state index contributed by atoms with van der Waals surface area (Å²) in [7, 11) is 0. The topological polar surface area (TPSA) is 96.4 Å². The molecule has 0 radical (unpaired) electrons. The lowest BCUT2D eigenvalue weighted by Gasteiger charge is -2.45. The Bertz CT molecular complexity index is 915. The molecule has 9 heteroatoms. The van der Waals surface area contributed by atoms with Gasteiger partial charge in [-0.25, -0.2) is 0 Å². The standard InChI is InChI=1S/C28H43BrN2O6/c1-8-10-15-36-25(35)19-20-23(33)30(13-11-14-32)22(28(20)16-18(29)21(19)37-28)24(34)31(12-9-2)27(6,7)17-26(3,4)5/h8-9,18-22,32H,1-2,10-17H2,3-7H3/t18?,19-,20+,21-,22?,28?/m1/s1. The molecule has 1 spiro atoms. The van der Waals surface area contributed by atoms with E-state index in [-0.39, 0.29) is 41.8 Å². The molecule has 0 saturated carbocycles. The van der Waals surface area contributed by atoms with Crippen LogP contribution in [0.4, 0.5) is 0 Å². The number of likely N-dealkylation sites (tertiary alicyclic amines) is 1. The highest BCUT2D eigenvalue weighted by Crippen LogP contribution is 2.60. The van der Waals surface area contributed by atoms with Crippen LogP contribution in [0.1, 0.15) is 60.3 Å². The molecule has 6 atom stereocenters. The first-order valence-electron chi connectivity index (χ1n) is 13.2. The molecule has 2 bridgehead atoms. The molecule has 0 aromatic heterocycles. The van der Waals surface area contributed by atoms with Crippen LogP contribution in [0.2, 0.25) is 0 Å². The van der Waals surface area contributed by atoms with E-state index < -0.39 is 41.1 Å². The van der Waals surface area contributed by atoms with E-state index in [0.29, 0.717) is 25.8 Å². The molecule has 3 heterocycles. The van der Waals surface area contributed by atoms with Crippen molar-refractivity contribution in [3.8, 4) is 0 Å². The summed E-state index contributed by atoms with van der Waals surface area (Å²) in [6, 6.07) is -0.910. The number of carbonyl (C=O) groups excluding carboxylic acids is 3. The summed E-state index contributed by atoms with van der Waals surface area (Å²) in [5.41, 5.74) is -1.73. The van der Waals surface area contributed by atoms with E-state index in [1.165, 1.54) is 4.90 Å². The first-order chi connectivity index (χ1) is 17.3. The number of esters is 1. The summed E-state index contributed by atoms with van der Waals surface area (Å²) in [6.45, 7) is 18.6. The molecular formula is C28H43BrN2O6. The molecule has 8 nitrogen and oxygen atoms in total. The number of aliphatic hydroxyl groups excluding tert-OH is 1. The fourth-order valence-corrected chi connectivity index (χ4v) is 7.75. The number of amides is 2. The molecule has 0 aromatic rings. The first kappa shape index (κ1) is 29.8. The number of hydrogen-bond acceptors (Lipinski definition) is 6. The van der Waals surface area contributed by atoms with Crippen molar-refractivity contribution in [3.63, 3.8) is 0 Å². The Morgan fingerprint density at radius 2 is 1.95 bits per heavy atom. The van der Waals surface area contributed by atoms with Gasteiger partial charge in [0.25, 0.3) is 0 Å². The van der Waals surface area contributed by atoms with Gasteiger partial charge < -0.3 is 24.4 Å². The number of rotatable bonds is 12. The third-order valence-corrected chi connectivity index (χ3v) is 8.53. The quantitative estimate of drug-likeness (QED) is 0.164. The molecule has 3 fully saturated rings. The van der Waals surface area contributed by atoms with Gasteiger partial charge in [-0.3, -0.25) is 14.4 Å². The lowest BCUT2D eigenvalue weighted by atomic mass is 9.70. The van der Waals surface area contributed by atoms with Crippen molar-refractivity contribution in [2.75, 3.05) is 26.3 Å². The van der Waals surface area contributed by atoms with E-state index in [2.05, 4.69) is 49.9 Å². The maximum Gasteiger partial charge on any atom is 0.312 e. The van der Waals surface area contributed by atoms with Gasteiger partial charge in [-0.05, 0) is 44.9 Å². The van der Waals surface area contributed by atoms with E-state index in [9.17, 15) is 19.5 Å². The minimum absolute atomic E-state index is 0.0460. The third kappa shape index (κ3) is 5.55. The Morgan fingerprint density at radius 3 is 2.51 bits per heavy atom. The lowest BCUT2D eigenvalue weighted by molar-refractivity contribution is -0.156. The van der Waals surface area contributed by atoms with Gasteiger partial charge in [0.05, 0.1) is 24.5 Å². The zero-order valence-electron chi connectivity index (χ0n) is 22.9. The number of hydrogen-bond donors (Lipinski definition) is 1. The average Bonchev–Trinajstić information content (AvgIpc) is 3.37. The molecule has 2 amide bonds. The van der Waals surface area contributed by atoms with Crippen molar-refractivity contribution < 1.29 is 29.0 Å². The van der Waals surface area contributed by atoms with Crippen LogP contribution in [0.15, 0.2) is 25.3 Å². The SMILES string of the molecule is C=CCCOC(=O)[C@H]1[C@@H]2OC3(CC2Br)C(C(=O)N(CC=C)C(C)(C)CC(C)(C)C)N(CCCO)C(=O)[C@H]13. The van der Waals surface area contributed by atoms with Gasteiger partial charge >= 0.3 is 5.97 Å². The van der Waals surface area contributed by atoms with Gasteiger partial charge in [0.1, 0.15) is 11.6 Å². The number of halogens is 1. The molecule has 0 aliphatic carbocycles. The van der Waals surface area contributed by atoms with E-state index in [1.54, 1.807) is 17.1 Å². The second-order valence-electron chi connectivity index (χ2n) is 12.3. The molecule has 208 valence electrons. The van der Waals surface area contributed by atoms with Crippen molar-refractivity contribution in [1.82, 2.24) is 9.80 Å². The fourth-order valence-electron chi connectivity index (χ4n) is 6.80. The van der Waals surface area contributed by atoms with Gasteiger partial charge in [0.15, 0.2) is 0 Å². The van der Waals surface area contributed by atoms with Crippen molar-refractivity contribution in [1.29, 1.82) is 0 Å². The second kappa shape index (κ2) is 11.2. The monoisotopic (exact) mass is 582 g/mol. The molecule has 3 rings (SSSR count). The number of fused-ring (bicyclic) bond motifs is 1. The van der Waals surface area contributed by atoms with Crippen LogP contribution >= 0.6 is 15.9 Å². The van der Waals surface area contributed by atoms with Gasteiger partial charge in [0.2, 0.25) is 11.8 Å². The van der Waals surface area contributed by atoms with Crippen molar-refractivity contribution in [2.45, 2.75) is 88.4 Å². The number of carbonyl (C=O) groups is 3. The van der Waals surface area contributed by atoms with Crippen LogP contribution in [0, 0.1) is 17.3 Å².